The Labute approximate surface area is 99.1 Å². The summed E-state index contributed by atoms with van der Waals surface area (Å²) >= 11 is 0. The molecule has 0 spiro atoms. The summed E-state index contributed by atoms with van der Waals surface area (Å²) in [7, 11) is 3.84. The van der Waals surface area contributed by atoms with E-state index in [2.05, 4.69) is 15.2 Å². The molecule has 5 nitrogen and oxygen atoms in total. The molecule has 88 valence electrons. The Hall–Kier alpha value is -2.17. The maximum atomic E-state index is 11.6. The molecule has 0 saturated carbocycles. The van der Waals surface area contributed by atoms with E-state index in [1.807, 2.05) is 38.1 Å². The zero-order chi connectivity index (χ0) is 12.4. The maximum absolute atomic E-state index is 11.6. The van der Waals surface area contributed by atoms with Crippen LogP contribution >= 0.6 is 0 Å². The highest BCUT2D eigenvalue weighted by Crippen LogP contribution is 2.16. The highest BCUT2D eigenvalue weighted by atomic mass is 16.1. The van der Waals surface area contributed by atoms with Crippen molar-refractivity contribution < 1.29 is 0 Å². The van der Waals surface area contributed by atoms with Gasteiger partial charge in [-0.25, -0.2) is 10.1 Å². The molecule has 2 heterocycles. The van der Waals surface area contributed by atoms with Crippen LogP contribution in [-0.4, -0.2) is 29.3 Å². The number of nitrogens with one attached hydrogen (secondary N) is 1. The second kappa shape index (κ2) is 4.37. The first-order valence-electron chi connectivity index (χ1n) is 5.28. The number of hydrogen-bond donors (Lipinski definition) is 1. The summed E-state index contributed by atoms with van der Waals surface area (Å²) in [6.07, 6.45) is 1.69. The third-order valence-corrected chi connectivity index (χ3v) is 2.45. The summed E-state index contributed by atoms with van der Waals surface area (Å²) < 4.78 is 0. The van der Waals surface area contributed by atoms with E-state index in [1.54, 1.807) is 12.3 Å². The standard InChI is InChI=1S/C12H14N4O/c1-8-6-10(12(17)15-14-8)9-4-5-11(13-7-9)16(2)3/h4-7H,1-3H3,(H,15,17). The number of anilines is 1. The molecule has 0 aliphatic carbocycles. The lowest BCUT2D eigenvalue weighted by Gasteiger charge is -2.11. The lowest BCUT2D eigenvalue weighted by molar-refractivity contribution is 0.948. The third-order valence-electron chi connectivity index (χ3n) is 2.45. The molecule has 0 aromatic carbocycles. The highest BCUT2D eigenvalue weighted by Gasteiger charge is 2.05. The van der Waals surface area contributed by atoms with E-state index in [9.17, 15) is 4.79 Å². The fraction of sp³-hybridized carbons (Fsp3) is 0.250. The highest BCUT2D eigenvalue weighted by molar-refractivity contribution is 5.62. The SMILES string of the molecule is Cc1cc(-c2ccc(N(C)C)nc2)c(=O)[nH]n1. The Morgan fingerprint density at radius 1 is 1.29 bits per heavy atom. The first-order valence-corrected chi connectivity index (χ1v) is 5.28. The van der Waals surface area contributed by atoms with Gasteiger partial charge in [-0.2, -0.15) is 5.10 Å². The molecule has 2 aromatic rings. The van der Waals surface area contributed by atoms with Gasteiger partial charge in [-0.1, -0.05) is 0 Å². The summed E-state index contributed by atoms with van der Waals surface area (Å²) in [5.41, 5.74) is 1.96. The van der Waals surface area contributed by atoms with E-state index in [4.69, 9.17) is 0 Å². The van der Waals surface area contributed by atoms with Crippen molar-refractivity contribution >= 4 is 5.82 Å². The number of hydrogen-bond acceptors (Lipinski definition) is 4. The van der Waals surface area contributed by atoms with Crippen LogP contribution in [0.1, 0.15) is 5.69 Å². The van der Waals surface area contributed by atoms with Gasteiger partial charge in [0.2, 0.25) is 0 Å². The first kappa shape index (κ1) is 11.3. The summed E-state index contributed by atoms with van der Waals surface area (Å²) in [5.74, 6) is 0.857. The fourth-order valence-corrected chi connectivity index (χ4v) is 1.53. The Morgan fingerprint density at radius 3 is 2.65 bits per heavy atom. The number of aryl methyl sites for hydroxylation is 1. The molecule has 0 amide bonds. The van der Waals surface area contributed by atoms with Gasteiger partial charge in [0.05, 0.1) is 11.3 Å². The van der Waals surface area contributed by atoms with Crippen LogP contribution in [0.2, 0.25) is 0 Å². The third kappa shape index (κ3) is 2.33. The van der Waals surface area contributed by atoms with Crippen molar-refractivity contribution in [2.45, 2.75) is 6.92 Å². The molecule has 0 saturated heterocycles. The van der Waals surface area contributed by atoms with Crippen LogP contribution in [0.15, 0.2) is 29.2 Å². The van der Waals surface area contributed by atoms with Gasteiger partial charge in [-0.05, 0) is 25.1 Å². The largest absolute Gasteiger partial charge is 0.363 e. The Kier molecular flexibility index (Phi) is 2.91. The number of nitrogens with zero attached hydrogens (tertiary/aromatic N) is 3. The number of aromatic nitrogens is 3. The Balaban J connectivity index is 2.46. The summed E-state index contributed by atoms with van der Waals surface area (Å²) in [5, 5.41) is 6.30. The minimum atomic E-state index is -0.199. The molecule has 0 unspecified atom stereocenters. The number of pyridine rings is 1. The molecular weight excluding hydrogens is 216 g/mol. The van der Waals surface area contributed by atoms with Crippen LogP contribution in [0.3, 0.4) is 0 Å². The van der Waals surface area contributed by atoms with Gasteiger partial charge in [0.15, 0.2) is 0 Å². The second-order valence-corrected chi connectivity index (χ2v) is 4.05. The Bertz CT molecular complexity index is 572. The average Bonchev–Trinajstić information content (AvgIpc) is 2.32. The van der Waals surface area contributed by atoms with Crippen LogP contribution in [-0.2, 0) is 0 Å². The molecule has 0 radical (unpaired) electrons. The van der Waals surface area contributed by atoms with Crippen LogP contribution < -0.4 is 10.5 Å². The summed E-state index contributed by atoms with van der Waals surface area (Å²) in [6, 6.07) is 5.52. The van der Waals surface area contributed by atoms with Gasteiger partial charge in [0.25, 0.3) is 5.56 Å². The lowest BCUT2D eigenvalue weighted by Crippen LogP contribution is -2.12. The Morgan fingerprint density at radius 2 is 2.06 bits per heavy atom. The predicted octanol–water partition coefficient (Wildman–Crippen LogP) is 1.21. The molecule has 0 fully saturated rings. The summed E-state index contributed by atoms with van der Waals surface area (Å²) in [4.78, 5) is 17.8. The minimum absolute atomic E-state index is 0.199. The van der Waals surface area contributed by atoms with Gasteiger partial charge in [-0.15, -0.1) is 0 Å². The van der Waals surface area contributed by atoms with E-state index < -0.39 is 0 Å². The zero-order valence-corrected chi connectivity index (χ0v) is 10.1. The van der Waals surface area contributed by atoms with Crippen molar-refractivity contribution in [1.29, 1.82) is 0 Å². The average molecular weight is 230 g/mol. The molecule has 0 aliphatic heterocycles. The van der Waals surface area contributed by atoms with Crippen molar-refractivity contribution in [3.63, 3.8) is 0 Å². The molecule has 0 bridgehead atoms. The molecule has 17 heavy (non-hydrogen) atoms. The van der Waals surface area contributed by atoms with Crippen molar-refractivity contribution in [2.75, 3.05) is 19.0 Å². The quantitative estimate of drug-likeness (QED) is 0.842. The van der Waals surface area contributed by atoms with Crippen molar-refractivity contribution in [3.05, 3.63) is 40.4 Å². The van der Waals surface area contributed by atoms with Gasteiger partial charge in [-0.3, -0.25) is 4.79 Å². The monoisotopic (exact) mass is 230 g/mol. The normalized spacial score (nSPS) is 10.3. The summed E-state index contributed by atoms with van der Waals surface area (Å²) in [6.45, 7) is 1.83. The van der Waals surface area contributed by atoms with Crippen LogP contribution in [0.4, 0.5) is 5.82 Å². The second-order valence-electron chi connectivity index (χ2n) is 4.05. The lowest BCUT2D eigenvalue weighted by atomic mass is 10.1. The first-order chi connectivity index (χ1) is 8.08. The predicted molar refractivity (Wildman–Crippen MR) is 67.2 cm³/mol. The topological polar surface area (TPSA) is 61.9 Å². The number of rotatable bonds is 2. The molecule has 0 aliphatic rings. The number of aromatic amines is 1. The fourth-order valence-electron chi connectivity index (χ4n) is 1.53. The van der Waals surface area contributed by atoms with Gasteiger partial charge in [0, 0.05) is 25.9 Å². The molecule has 2 rings (SSSR count). The van der Waals surface area contributed by atoms with Crippen LogP contribution in [0.5, 0.6) is 0 Å². The molecule has 2 aromatic heterocycles. The van der Waals surface area contributed by atoms with Gasteiger partial charge in [0.1, 0.15) is 5.82 Å². The van der Waals surface area contributed by atoms with Crippen molar-refractivity contribution in [3.8, 4) is 11.1 Å². The van der Waals surface area contributed by atoms with E-state index in [-0.39, 0.29) is 5.56 Å². The van der Waals surface area contributed by atoms with Crippen LogP contribution in [0.25, 0.3) is 11.1 Å². The van der Waals surface area contributed by atoms with Crippen LogP contribution in [0, 0.1) is 6.92 Å². The zero-order valence-electron chi connectivity index (χ0n) is 10.1. The molecule has 5 heteroatoms. The van der Waals surface area contributed by atoms with Crippen molar-refractivity contribution in [1.82, 2.24) is 15.2 Å². The van der Waals surface area contributed by atoms with Gasteiger partial charge >= 0.3 is 0 Å². The van der Waals surface area contributed by atoms with E-state index in [0.29, 0.717) is 5.56 Å². The van der Waals surface area contributed by atoms with E-state index in [1.165, 1.54) is 0 Å². The van der Waals surface area contributed by atoms with E-state index >= 15 is 0 Å². The molecule has 1 N–H and O–H groups in total. The molecule has 0 atom stereocenters. The smallest absolute Gasteiger partial charge is 0.272 e. The molecular formula is C12H14N4O. The van der Waals surface area contributed by atoms with E-state index in [0.717, 1.165) is 17.1 Å². The number of H-pyrrole nitrogens is 1. The van der Waals surface area contributed by atoms with Gasteiger partial charge < -0.3 is 4.90 Å². The minimum Gasteiger partial charge on any atom is -0.363 e. The van der Waals surface area contributed by atoms with Crippen molar-refractivity contribution in [2.24, 2.45) is 0 Å². The maximum Gasteiger partial charge on any atom is 0.272 e.